The number of hydrogen-bond acceptors (Lipinski definition) is 4. The molecule has 1 unspecified atom stereocenters. The van der Waals surface area contributed by atoms with Crippen LogP contribution >= 0.6 is 0 Å². The fourth-order valence-electron chi connectivity index (χ4n) is 3.71. The monoisotopic (exact) mass is 396 g/mol. The van der Waals surface area contributed by atoms with E-state index >= 15 is 0 Å². The molecule has 0 fully saturated rings. The molecule has 1 aliphatic heterocycles. The molecule has 6 heteroatoms. The number of aromatic amines is 1. The van der Waals surface area contributed by atoms with Crippen LogP contribution in [-0.2, 0) is 0 Å². The highest BCUT2D eigenvalue weighted by Gasteiger charge is 2.31. The molecule has 2 heterocycles. The van der Waals surface area contributed by atoms with Crippen molar-refractivity contribution in [1.82, 2.24) is 9.55 Å². The third kappa shape index (κ3) is 3.08. The molecule has 6 nitrogen and oxygen atoms in total. The first-order chi connectivity index (χ1) is 14.7. The molecule has 3 aromatic carbocycles. The maximum absolute atomic E-state index is 13.0. The van der Waals surface area contributed by atoms with Crippen LogP contribution in [0.2, 0.25) is 0 Å². The number of aromatic nitrogens is 2. The Kier molecular flexibility index (Phi) is 4.44. The van der Waals surface area contributed by atoms with E-state index in [0.29, 0.717) is 10.8 Å². The Morgan fingerprint density at radius 1 is 0.933 bits per heavy atom. The zero-order valence-corrected chi connectivity index (χ0v) is 16.4. The second kappa shape index (κ2) is 7.40. The summed E-state index contributed by atoms with van der Waals surface area (Å²) in [6.07, 6.45) is 1.57. The van der Waals surface area contributed by atoms with Crippen molar-refractivity contribution in [2.24, 2.45) is 5.10 Å². The Morgan fingerprint density at radius 3 is 2.27 bits per heavy atom. The summed E-state index contributed by atoms with van der Waals surface area (Å²) >= 11 is 0. The average molecular weight is 396 g/mol. The molecule has 1 atom stereocenters. The van der Waals surface area contributed by atoms with E-state index in [-0.39, 0.29) is 11.9 Å². The fourth-order valence-corrected chi connectivity index (χ4v) is 3.71. The van der Waals surface area contributed by atoms with Crippen molar-refractivity contribution in [3.8, 4) is 5.75 Å². The van der Waals surface area contributed by atoms with Gasteiger partial charge in [0.25, 0.3) is 0 Å². The zero-order chi connectivity index (χ0) is 20.5. The summed E-state index contributed by atoms with van der Waals surface area (Å²) < 4.78 is 6.93. The number of benzene rings is 3. The molecule has 1 N–H and O–H groups in total. The highest BCUT2D eigenvalue weighted by Crippen LogP contribution is 2.29. The normalized spacial score (nSPS) is 15.7. The first kappa shape index (κ1) is 18.0. The van der Waals surface area contributed by atoms with Crippen molar-refractivity contribution >= 4 is 11.8 Å². The number of methoxy groups -OCH3 is 1. The zero-order valence-electron chi connectivity index (χ0n) is 16.4. The summed E-state index contributed by atoms with van der Waals surface area (Å²) in [5, 5.41) is 7.40. The predicted octanol–water partition coefficient (Wildman–Crippen LogP) is 2.62. The van der Waals surface area contributed by atoms with Gasteiger partial charge in [-0.05, 0) is 41.5 Å². The Morgan fingerprint density at radius 2 is 1.60 bits per heavy atom. The summed E-state index contributed by atoms with van der Waals surface area (Å²) in [4.78, 5) is 15.9. The topological polar surface area (TPSA) is 62.6 Å². The van der Waals surface area contributed by atoms with Gasteiger partial charge >= 0.3 is 5.69 Å². The fraction of sp³-hybridized carbons (Fsp3) is 0.0833. The van der Waals surface area contributed by atoms with Gasteiger partial charge in [0.15, 0.2) is 11.7 Å². The minimum absolute atomic E-state index is 0.194. The average Bonchev–Trinajstić information content (AvgIpc) is 3.34. The van der Waals surface area contributed by atoms with Gasteiger partial charge in [0.05, 0.1) is 18.1 Å². The van der Waals surface area contributed by atoms with Gasteiger partial charge in [0, 0.05) is 0 Å². The van der Waals surface area contributed by atoms with Gasteiger partial charge < -0.3 is 9.72 Å². The van der Waals surface area contributed by atoms with Crippen molar-refractivity contribution in [2.75, 3.05) is 12.1 Å². The summed E-state index contributed by atoms with van der Waals surface area (Å²) in [6.45, 7) is 0. The van der Waals surface area contributed by atoms with Crippen LogP contribution in [0.4, 0.5) is 5.69 Å². The maximum atomic E-state index is 13.0. The number of H-pyrrole nitrogens is 1. The van der Waals surface area contributed by atoms with E-state index in [0.717, 1.165) is 22.6 Å². The first-order valence-electron chi connectivity index (χ1n) is 9.69. The number of imidazole rings is 1. The molecule has 1 aromatic heterocycles. The van der Waals surface area contributed by atoms with E-state index in [1.807, 2.05) is 96.0 Å². The molecule has 148 valence electrons. The minimum atomic E-state index is -0.356. The number of ether oxygens (including phenoxy) is 1. The van der Waals surface area contributed by atoms with Gasteiger partial charge in [-0.2, -0.15) is 0 Å². The summed E-state index contributed by atoms with van der Waals surface area (Å²) in [6, 6.07) is 27.5. The molecule has 0 spiro atoms. The highest BCUT2D eigenvalue weighted by atomic mass is 16.5. The van der Waals surface area contributed by atoms with Gasteiger partial charge in [-0.25, -0.2) is 14.4 Å². The Balaban J connectivity index is 1.70. The Bertz CT molecular complexity index is 1340. The first-order valence-corrected chi connectivity index (χ1v) is 9.69. The molecule has 4 aromatic rings. The second-order valence-electron chi connectivity index (χ2n) is 7.02. The minimum Gasteiger partial charge on any atom is -0.497 e. The van der Waals surface area contributed by atoms with E-state index in [2.05, 4.69) is 4.98 Å². The van der Waals surface area contributed by atoms with Crippen LogP contribution in [0.25, 0.3) is 6.08 Å². The highest BCUT2D eigenvalue weighted by molar-refractivity contribution is 5.51. The van der Waals surface area contributed by atoms with Crippen molar-refractivity contribution in [3.05, 3.63) is 117 Å². The van der Waals surface area contributed by atoms with E-state index in [4.69, 9.17) is 9.84 Å². The molecule has 30 heavy (non-hydrogen) atoms. The molecular formula is C24H20N4O2. The molecule has 0 aliphatic carbocycles. The Labute approximate surface area is 173 Å². The number of fused-ring (bicyclic) bond motifs is 1. The third-order valence-corrected chi connectivity index (χ3v) is 5.15. The number of hydrogen-bond donors (Lipinski definition) is 1. The van der Waals surface area contributed by atoms with E-state index in [1.165, 1.54) is 0 Å². The molecule has 0 saturated carbocycles. The van der Waals surface area contributed by atoms with Crippen molar-refractivity contribution in [1.29, 1.82) is 0 Å². The standard InChI is InChI=1S/C24H20N4O2/c1-30-20-14-12-17(13-15-20)16-21-22-26-28(19-10-6-3-7-11-19)23(27(22)24(29)25-21)18-8-4-2-5-9-18/h2-16,23H,1H3,(H,25,29). The van der Waals surface area contributed by atoms with Gasteiger partial charge in [-0.15, -0.1) is 5.10 Å². The Hall–Kier alpha value is -4.06. The molecule has 5 rings (SSSR count). The van der Waals surface area contributed by atoms with Crippen LogP contribution in [0.5, 0.6) is 5.75 Å². The number of anilines is 1. The van der Waals surface area contributed by atoms with Gasteiger partial charge in [-0.1, -0.05) is 60.7 Å². The van der Waals surface area contributed by atoms with E-state index in [1.54, 1.807) is 11.7 Å². The van der Waals surface area contributed by atoms with Crippen LogP contribution in [0.3, 0.4) is 0 Å². The third-order valence-electron chi connectivity index (χ3n) is 5.15. The van der Waals surface area contributed by atoms with Crippen molar-refractivity contribution < 1.29 is 4.74 Å². The van der Waals surface area contributed by atoms with Gasteiger partial charge in [0.2, 0.25) is 0 Å². The van der Waals surface area contributed by atoms with E-state index in [9.17, 15) is 4.79 Å². The van der Waals surface area contributed by atoms with Crippen LogP contribution in [0.15, 0.2) is 94.8 Å². The number of rotatable bonds is 4. The molecular weight excluding hydrogens is 376 g/mol. The summed E-state index contributed by atoms with van der Waals surface area (Å²) in [7, 11) is 1.64. The molecule has 0 saturated heterocycles. The molecule has 0 amide bonds. The lowest BCUT2D eigenvalue weighted by molar-refractivity contribution is 0.415. The number of para-hydroxylation sites is 1. The van der Waals surface area contributed by atoms with Crippen LogP contribution in [0.1, 0.15) is 17.3 Å². The lowest BCUT2D eigenvalue weighted by Gasteiger charge is -2.24. The molecule has 1 aliphatic rings. The molecule has 0 radical (unpaired) electrons. The van der Waals surface area contributed by atoms with Crippen molar-refractivity contribution in [3.63, 3.8) is 0 Å². The molecule has 0 bridgehead atoms. The van der Waals surface area contributed by atoms with Crippen LogP contribution in [0, 0.1) is 0 Å². The van der Waals surface area contributed by atoms with Gasteiger partial charge in [0.1, 0.15) is 5.75 Å². The lowest BCUT2D eigenvalue weighted by Crippen LogP contribution is -2.33. The second-order valence-corrected chi connectivity index (χ2v) is 7.02. The van der Waals surface area contributed by atoms with E-state index < -0.39 is 0 Å². The predicted molar refractivity (Wildman–Crippen MR) is 116 cm³/mol. The number of nitrogens with zero attached hydrogens (tertiary/aromatic N) is 3. The van der Waals surface area contributed by atoms with Gasteiger partial charge in [-0.3, -0.25) is 0 Å². The SMILES string of the molecule is COc1ccc(C=c2[nH]c(=O)n3c2=NN(c2ccccc2)C3c2ccccc2)cc1. The summed E-state index contributed by atoms with van der Waals surface area (Å²) in [5.74, 6) is 0.784. The smallest absolute Gasteiger partial charge is 0.329 e. The van der Waals surface area contributed by atoms with Crippen LogP contribution in [-0.4, -0.2) is 16.7 Å². The van der Waals surface area contributed by atoms with Crippen molar-refractivity contribution in [2.45, 2.75) is 6.17 Å². The quantitative estimate of drug-likeness (QED) is 0.577. The summed E-state index contributed by atoms with van der Waals surface area (Å²) in [5.41, 5.74) is 3.27. The lowest BCUT2D eigenvalue weighted by atomic mass is 10.1. The maximum Gasteiger partial charge on any atom is 0.329 e. The number of nitrogens with one attached hydrogen (secondary N) is 1. The van der Waals surface area contributed by atoms with Crippen LogP contribution < -0.4 is 26.3 Å². The largest absolute Gasteiger partial charge is 0.497 e.